The first kappa shape index (κ1) is 10.6. The lowest BCUT2D eigenvalue weighted by atomic mass is 10.2. The molecule has 0 fully saturated rings. The van der Waals surface area contributed by atoms with Gasteiger partial charge in [-0.2, -0.15) is 0 Å². The van der Waals surface area contributed by atoms with Crippen molar-refractivity contribution in [3.8, 4) is 11.5 Å². The Balaban J connectivity index is 3.07. The zero-order valence-electron chi connectivity index (χ0n) is 7.58. The fraction of sp³-hybridized carbons (Fsp3) is 0.111. The van der Waals surface area contributed by atoms with Crippen LogP contribution in [0.15, 0.2) is 22.3 Å². The Morgan fingerprint density at radius 3 is 2.77 bits per heavy atom. The second-order valence-electron chi connectivity index (χ2n) is 2.40. The first-order valence-electron chi connectivity index (χ1n) is 3.80. The van der Waals surface area contributed by atoms with Crippen LogP contribution in [0.4, 0.5) is 0 Å². The van der Waals surface area contributed by atoms with Crippen LogP contribution in [-0.2, 0) is 0 Å². The molecule has 0 atom stereocenters. The van der Waals surface area contributed by atoms with Gasteiger partial charge in [-0.05, 0) is 22.3 Å². The number of hydrogen-bond acceptors (Lipinski definition) is 2. The van der Waals surface area contributed by atoms with Crippen LogP contribution in [0, 0.1) is 0 Å². The van der Waals surface area contributed by atoms with E-state index in [0.29, 0.717) is 10.5 Å². The maximum atomic E-state index is 5.34. The molecule has 0 saturated carbocycles. The quantitative estimate of drug-likeness (QED) is 0.626. The minimum Gasteiger partial charge on any atom is -0.553 e. The molecule has 1 rings (SSSR count). The van der Waals surface area contributed by atoms with Crippen molar-refractivity contribution in [2.75, 3.05) is 7.11 Å². The Morgan fingerprint density at radius 1 is 1.46 bits per heavy atom. The van der Waals surface area contributed by atoms with Crippen LogP contribution < -0.4 is 9.16 Å². The van der Waals surface area contributed by atoms with Gasteiger partial charge in [-0.15, -0.1) is 0 Å². The molecule has 0 saturated heterocycles. The van der Waals surface area contributed by atoms with Gasteiger partial charge in [-0.1, -0.05) is 22.6 Å². The summed E-state index contributed by atoms with van der Waals surface area (Å²) >= 11 is 2.19. The Hall–Kier alpha value is -0.493. The summed E-state index contributed by atoms with van der Waals surface area (Å²) in [5.41, 5.74) is 1.09. The maximum absolute atomic E-state index is 5.34. The van der Waals surface area contributed by atoms with Gasteiger partial charge in [0.1, 0.15) is 11.5 Å². The Labute approximate surface area is 94.6 Å². The lowest BCUT2D eigenvalue weighted by molar-refractivity contribution is 0.412. The van der Waals surface area contributed by atoms with Gasteiger partial charge in [0.05, 0.1) is 7.11 Å². The van der Waals surface area contributed by atoms with Gasteiger partial charge in [0.15, 0.2) is 0 Å². The average Bonchev–Trinajstić information content (AvgIpc) is 2.19. The van der Waals surface area contributed by atoms with Crippen LogP contribution >= 0.6 is 22.6 Å². The first-order valence-corrected chi connectivity index (χ1v) is 5.87. The van der Waals surface area contributed by atoms with E-state index in [2.05, 4.69) is 22.6 Å². The van der Waals surface area contributed by atoms with Gasteiger partial charge in [0.2, 0.25) is 10.5 Å². The highest BCUT2D eigenvalue weighted by molar-refractivity contribution is 14.1. The van der Waals surface area contributed by atoms with E-state index < -0.39 is 0 Å². The van der Waals surface area contributed by atoms with Crippen LogP contribution in [0.3, 0.4) is 0 Å². The third kappa shape index (κ3) is 2.73. The normalized spacial score (nSPS) is 10.6. The molecule has 0 N–H and O–H groups in total. The highest BCUT2D eigenvalue weighted by Crippen LogP contribution is 2.25. The summed E-state index contributed by atoms with van der Waals surface area (Å²) in [5, 5.41) is 0. The Morgan fingerprint density at radius 2 is 2.23 bits per heavy atom. The standard InChI is InChI=1S/C9H11IO2Si/c1-11-8-3-2-7(4-5-10)9(6-8)12-13/h2-6H,1,13H3. The van der Waals surface area contributed by atoms with Gasteiger partial charge in [-0.3, -0.25) is 0 Å². The molecule has 1 aromatic rings. The highest BCUT2D eigenvalue weighted by Gasteiger charge is 2.00. The van der Waals surface area contributed by atoms with Crippen molar-refractivity contribution < 1.29 is 9.16 Å². The van der Waals surface area contributed by atoms with E-state index in [1.54, 1.807) is 7.11 Å². The van der Waals surface area contributed by atoms with E-state index in [-0.39, 0.29) is 0 Å². The van der Waals surface area contributed by atoms with Crippen LogP contribution in [0.1, 0.15) is 5.56 Å². The predicted octanol–water partition coefficient (Wildman–Crippen LogP) is 1.76. The van der Waals surface area contributed by atoms with Crippen LogP contribution in [0.25, 0.3) is 6.08 Å². The van der Waals surface area contributed by atoms with E-state index in [9.17, 15) is 0 Å². The molecule has 0 heterocycles. The van der Waals surface area contributed by atoms with Crippen LogP contribution in [0.2, 0.25) is 0 Å². The highest BCUT2D eigenvalue weighted by atomic mass is 127. The molecule has 1 aromatic carbocycles. The summed E-state index contributed by atoms with van der Waals surface area (Å²) in [6.45, 7) is 0. The van der Waals surface area contributed by atoms with Gasteiger partial charge >= 0.3 is 0 Å². The maximum Gasteiger partial charge on any atom is 0.204 e. The molecular formula is C9H11IO2Si. The van der Waals surface area contributed by atoms with Crippen molar-refractivity contribution in [1.29, 1.82) is 0 Å². The minimum atomic E-state index is 0.691. The van der Waals surface area contributed by atoms with Gasteiger partial charge < -0.3 is 9.16 Å². The molecule has 4 heteroatoms. The molecule has 0 aliphatic carbocycles. The monoisotopic (exact) mass is 306 g/mol. The lowest BCUT2D eigenvalue weighted by Gasteiger charge is -2.07. The van der Waals surface area contributed by atoms with Crippen LogP contribution in [0.5, 0.6) is 11.5 Å². The van der Waals surface area contributed by atoms with Gasteiger partial charge in [0, 0.05) is 11.6 Å². The summed E-state index contributed by atoms with van der Waals surface area (Å²) < 4.78 is 12.4. The molecule has 0 unspecified atom stereocenters. The number of ether oxygens (including phenoxy) is 1. The summed E-state index contributed by atoms with van der Waals surface area (Å²) in [4.78, 5) is 0. The SMILES string of the molecule is COc1ccc(C=CI)c(O[SiH3])c1. The molecule has 0 aliphatic heterocycles. The molecule has 0 radical (unpaired) electrons. The molecule has 70 valence electrons. The minimum absolute atomic E-state index is 0.691. The van der Waals surface area contributed by atoms with Gasteiger partial charge in [-0.25, -0.2) is 0 Å². The lowest BCUT2D eigenvalue weighted by Crippen LogP contribution is -1.90. The fourth-order valence-corrected chi connectivity index (χ4v) is 1.76. The van der Waals surface area contributed by atoms with E-state index in [4.69, 9.17) is 9.16 Å². The number of halogens is 1. The van der Waals surface area contributed by atoms with E-state index in [1.165, 1.54) is 0 Å². The van der Waals surface area contributed by atoms with E-state index in [0.717, 1.165) is 17.1 Å². The largest absolute Gasteiger partial charge is 0.553 e. The molecule has 0 spiro atoms. The first-order chi connectivity index (χ1) is 6.31. The average molecular weight is 306 g/mol. The smallest absolute Gasteiger partial charge is 0.204 e. The van der Waals surface area contributed by atoms with Crippen molar-refractivity contribution in [1.82, 2.24) is 0 Å². The fourth-order valence-electron chi connectivity index (χ4n) is 1.02. The number of hydrogen-bond donors (Lipinski definition) is 0. The molecule has 2 nitrogen and oxygen atoms in total. The summed E-state index contributed by atoms with van der Waals surface area (Å²) in [7, 11) is 2.34. The molecule has 0 aromatic heterocycles. The summed E-state index contributed by atoms with van der Waals surface area (Å²) in [5.74, 6) is 1.72. The molecule has 0 amide bonds. The van der Waals surface area contributed by atoms with Crippen molar-refractivity contribution in [2.45, 2.75) is 0 Å². The molecule has 0 bridgehead atoms. The van der Waals surface area contributed by atoms with Gasteiger partial charge in [0.25, 0.3) is 0 Å². The van der Waals surface area contributed by atoms with Crippen molar-refractivity contribution in [3.05, 3.63) is 27.8 Å². The second kappa shape index (κ2) is 5.28. The zero-order chi connectivity index (χ0) is 9.68. The Kier molecular flexibility index (Phi) is 4.30. The van der Waals surface area contributed by atoms with Crippen LogP contribution in [-0.4, -0.2) is 17.6 Å². The van der Waals surface area contributed by atoms with E-state index >= 15 is 0 Å². The Bertz CT molecular complexity index is 312. The van der Waals surface area contributed by atoms with Crippen molar-refractivity contribution in [2.24, 2.45) is 0 Å². The predicted molar refractivity (Wildman–Crippen MR) is 66.6 cm³/mol. The molecule has 13 heavy (non-hydrogen) atoms. The topological polar surface area (TPSA) is 18.5 Å². The number of rotatable bonds is 3. The summed E-state index contributed by atoms with van der Waals surface area (Å²) in [6, 6.07) is 5.82. The third-order valence-electron chi connectivity index (χ3n) is 1.68. The zero-order valence-corrected chi connectivity index (χ0v) is 11.7. The van der Waals surface area contributed by atoms with Crippen molar-refractivity contribution >= 4 is 39.2 Å². The molecular weight excluding hydrogens is 295 g/mol. The number of benzene rings is 1. The summed E-state index contributed by atoms with van der Waals surface area (Å²) in [6.07, 6.45) is 2.01. The number of methoxy groups -OCH3 is 1. The third-order valence-corrected chi connectivity index (χ3v) is 2.48. The van der Waals surface area contributed by atoms with Crippen molar-refractivity contribution in [3.63, 3.8) is 0 Å². The second-order valence-corrected chi connectivity index (χ2v) is 3.53. The molecule has 0 aliphatic rings. The van der Waals surface area contributed by atoms with E-state index in [1.807, 2.05) is 28.4 Å².